The molecule has 0 spiro atoms. The Morgan fingerprint density at radius 1 is 1.24 bits per heavy atom. The molecule has 1 heterocycles. The summed E-state index contributed by atoms with van der Waals surface area (Å²) in [6.45, 7) is 1.80. The van der Waals surface area contributed by atoms with Crippen molar-refractivity contribution in [1.82, 2.24) is 5.32 Å². The summed E-state index contributed by atoms with van der Waals surface area (Å²) in [5.41, 5.74) is 0.718. The van der Waals surface area contributed by atoms with Crippen LogP contribution < -0.4 is 5.32 Å². The molecule has 1 unspecified atom stereocenters. The van der Waals surface area contributed by atoms with Crippen LogP contribution in [0.2, 0.25) is 0 Å². The van der Waals surface area contributed by atoms with Crippen LogP contribution in [-0.2, 0) is 6.42 Å². The van der Waals surface area contributed by atoms with E-state index in [1.807, 2.05) is 11.8 Å². The van der Waals surface area contributed by atoms with Crippen molar-refractivity contribution in [1.29, 1.82) is 0 Å². The molecule has 1 aliphatic heterocycles. The van der Waals surface area contributed by atoms with E-state index in [0.717, 1.165) is 30.6 Å². The summed E-state index contributed by atoms with van der Waals surface area (Å²) in [5.74, 6) is 2.28. The molecule has 1 aliphatic rings. The third-order valence-electron chi connectivity index (χ3n) is 2.97. The standard InChI is InChI=1S/C13H17F2NS/c14-12-5-10(6-13(15)7-12)1-3-16-8-11-2-4-17-9-11/h5-7,11,16H,1-4,8-9H2. The Bertz CT molecular complexity index is 344. The molecule has 0 amide bonds. The molecule has 1 atom stereocenters. The summed E-state index contributed by atoms with van der Waals surface area (Å²) < 4.78 is 25.8. The Morgan fingerprint density at radius 2 is 2.00 bits per heavy atom. The topological polar surface area (TPSA) is 12.0 Å². The molecule has 94 valence electrons. The summed E-state index contributed by atoms with van der Waals surface area (Å²) in [6, 6.07) is 3.71. The molecule has 1 fully saturated rings. The maximum Gasteiger partial charge on any atom is 0.126 e. The first-order chi connectivity index (χ1) is 8.24. The lowest BCUT2D eigenvalue weighted by molar-refractivity contribution is 0.524. The molecular formula is C13H17F2NS. The maximum atomic E-state index is 12.9. The van der Waals surface area contributed by atoms with Crippen LogP contribution in [0.1, 0.15) is 12.0 Å². The summed E-state index contributed by atoms with van der Waals surface area (Å²) in [7, 11) is 0. The third-order valence-corrected chi connectivity index (χ3v) is 4.20. The van der Waals surface area contributed by atoms with Gasteiger partial charge in [0.05, 0.1) is 0 Å². The van der Waals surface area contributed by atoms with Crippen LogP contribution in [0.5, 0.6) is 0 Å². The first-order valence-corrected chi connectivity index (χ1v) is 7.13. The number of rotatable bonds is 5. The van der Waals surface area contributed by atoms with Crippen molar-refractivity contribution in [3.8, 4) is 0 Å². The normalized spacial score (nSPS) is 19.8. The maximum absolute atomic E-state index is 12.9. The lowest BCUT2D eigenvalue weighted by Crippen LogP contribution is -2.24. The highest BCUT2D eigenvalue weighted by molar-refractivity contribution is 7.99. The molecule has 0 radical (unpaired) electrons. The van der Waals surface area contributed by atoms with Gasteiger partial charge in [0.25, 0.3) is 0 Å². The lowest BCUT2D eigenvalue weighted by atomic mass is 10.1. The monoisotopic (exact) mass is 257 g/mol. The molecule has 4 heteroatoms. The average Bonchev–Trinajstić information content (AvgIpc) is 2.76. The van der Waals surface area contributed by atoms with Crippen molar-refractivity contribution in [2.75, 3.05) is 24.6 Å². The summed E-state index contributed by atoms with van der Waals surface area (Å²) >= 11 is 2.00. The van der Waals surface area contributed by atoms with Crippen LogP contribution in [0.3, 0.4) is 0 Å². The van der Waals surface area contributed by atoms with Gasteiger partial charge in [-0.2, -0.15) is 11.8 Å². The molecule has 1 aromatic carbocycles. The predicted molar refractivity (Wildman–Crippen MR) is 68.4 cm³/mol. The second-order valence-electron chi connectivity index (χ2n) is 4.46. The van der Waals surface area contributed by atoms with Gasteiger partial charge in [-0.05, 0) is 61.1 Å². The SMILES string of the molecule is Fc1cc(F)cc(CCNCC2CCSC2)c1. The first kappa shape index (κ1) is 12.8. The van der Waals surface area contributed by atoms with E-state index in [1.165, 1.54) is 30.1 Å². The van der Waals surface area contributed by atoms with Gasteiger partial charge in [0.1, 0.15) is 11.6 Å². The minimum Gasteiger partial charge on any atom is -0.316 e. The number of nitrogens with one attached hydrogen (secondary N) is 1. The van der Waals surface area contributed by atoms with Gasteiger partial charge in [0, 0.05) is 6.07 Å². The second kappa shape index (κ2) is 6.36. The van der Waals surface area contributed by atoms with E-state index in [2.05, 4.69) is 5.32 Å². The van der Waals surface area contributed by atoms with E-state index in [-0.39, 0.29) is 0 Å². The van der Waals surface area contributed by atoms with Crippen molar-refractivity contribution in [3.63, 3.8) is 0 Å². The van der Waals surface area contributed by atoms with E-state index in [0.29, 0.717) is 6.42 Å². The van der Waals surface area contributed by atoms with Gasteiger partial charge in [-0.15, -0.1) is 0 Å². The summed E-state index contributed by atoms with van der Waals surface area (Å²) in [4.78, 5) is 0. The van der Waals surface area contributed by atoms with Crippen molar-refractivity contribution in [2.45, 2.75) is 12.8 Å². The highest BCUT2D eigenvalue weighted by Crippen LogP contribution is 2.22. The molecule has 0 bridgehead atoms. The molecule has 0 aliphatic carbocycles. The number of benzene rings is 1. The van der Waals surface area contributed by atoms with Gasteiger partial charge in [0.2, 0.25) is 0 Å². The van der Waals surface area contributed by atoms with Crippen LogP contribution in [0.4, 0.5) is 8.78 Å². The Morgan fingerprint density at radius 3 is 2.65 bits per heavy atom. The first-order valence-electron chi connectivity index (χ1n) is 5.97. The Hall–Kier alpha value is -0.610. The van der Waals surface area contributed by atoms with Crippen LogP contribution >= 0.6 is 11.8 Å². The third kappa shape index (κ3) is 4.28. The van der Waals surface area contributed by atoms with Crippen LogP contribution in [0.25, 0.3) is 0 Å². The Kier molecular flexibility index (Phi) is 4.80. The number of thioether (sulfide) groups is 1. The summed E-state index contributed by atoms with van der Waals surface area (Å²) in [5, 5.41) is 3.36. The van der Waals surface area contributed by atoms with E-state index in [1.54, 1.807) is 0 Å². The fourth-order valence-electron chi connectivity index (χ4n) is 2.04. The van der Waals surface area contributed by atoms with Crippen LogP contribution in [-0.4, -0.2) is 24.6 Å². The molecule has 1 nitrogen and oxygen atoms in total. The minimum absolute atomic E-state index is 0.493. The van der Waals surface area contributed by atoms with E-state index in [9.17, 15) is 8.78 Å². The molecule has 0 aromatic heterocycles. The molecule has 17 heavy (non-hydrogen) atoms. The molecule has 1 N–H and O–H groups in total. The van der Waals surface area contributed by atoms with Gasteiger partial charge >= 0.3 is 0 Å². The van der Waals surface area contributed by atoms with Gasteiger partial charge < -0.3 is 5.32 Å². The fourth-order valence-corrected chi connectivity index (χ4v) is 3.32. The predicted octanol–water partition coefficient (Wildman–Crippen LogP) is 2.85. The van der Waals surface area contributed by atoms with Crippen molar-refractivity contribution < 1.29 is 8.78 Å². The average molecular weight is 257 g/mol. The van der Waals surface area contributed by atoms with Crippen LogP contribution in [0, 0.1) is 17.6 Å². The highest BCUT2D eigenvalue weighted by atomic mass is 32.2. The molecule has 1 aromatic rings. The summed E-state index contributed by atoms with van der Waals surface area (Å²) in [6.07, 6.45) is 1.96. The van der Waals surface area contributed by atoms with Crippen molar-refractivity contribution in [3.05, 3.63) is 35.4 Å². The number of hydrogen-bond acceptors (Lipinski definition) is 2. The van der Waals surface area contributed by atoms with Gasteiger partial charge in [-0.3, -0.25) is 0 Å². The number of halogens is 2. The van der Waals surface area contributed by atoms with Crippen molar-refractivity contribution >= 4 is 11.8 Å². The minimum atomic E-state index is -0.493. The van der Waals surface area contributed by atoms with Crippen LogP contribution in [0.15, 0.2) is 18.2 Å². The highest BCUT2D eigenvalue weighted by Gasteiger charge is 2.14. The second-order valence-corrected chi connectivity index (χ2v) is 5.61. The largest absolute Gasteiger partial charge is 0.316 e. The fraction of sp³-hybridized carbons (Fsp3) is 0.538. The van der Waals surface area contributed by atoms with E-state index in [4.69, 9.17) is 0 Å². The Balaban J connectivity index is 1.70. The van der Waals surface area contributed by atoms with Gasteiger partial charge in [-0.1, -0.05) is 0 Å². The molecular weight excluding hydrogens is 240 g/mol. The smallest absolute Gasteiger partial charge is 0.126 e. The van der Waals surface area contributed by atoms with E-state index >= 15 is 0 Å². The molecule has 0 saturated carbocycles. The number of hydrogen-bond donors (Lipinski definition) is 1. The zero-order valence-corrected chi connectivity index (χ0v) is 10.5. The van der Waals surface area contributed by atoms with Gasteiger partial charge in [0.15, 0.2) is 0 Å². The van der Waals surface area contributed by atoms with Gasteiger partial charge in [-0.25, -0.2) is 8.78 Å². The van der Waals surface area contributed by atoms with E-state index < -0.39 is 11.6 Å². The molecule has 1 saturated heterocycles. The zero-order chi connectivity index (χ0) is 12.1. The molecule has 2 rings (SSSR count). The lowest BCUT2D eigenvalue weighted by Gasteiger charge is -2.09. The quantitative estimate of drug-likeness (QED) is 0.814. The Labute approximate surface area is 105 Å². The zero-order valence-electron chi connectivity index (χ0n) is 9.72. The van der Waals surface area contributed by atoms with Crippen molar-refractivity contribution in [2.24, 2.45) is 5.92 Å².